The van der Waals surface area contributed by atoms with Gasteiger partial charge in [0.1, 0.15) is 17.0 Å². The number of carbonyl (C=O) groups is 1. The highest BCUT2D eigenvalue weighted by Crippen LogP contribution is 2.28. The quantitative estimate of drug-likeness (QED) is 0.931. The number of pyridine rings is 1. The highest BCUT2D eigenvalue weighted by Gasteiger charge is 2.24. The van der Waals surface area contributed by atoms with Gasteiger partial charge < -0.3 is 19.4 Å². The SMILES string of the molecule is CC(C)(C)OC(=O)NCC1CCCN(c2nccc3occc23)C1. The van der Waals surface area contributed by atoms with Crippen LogP contribution in [-0.2, 0) is 4.74 Å². The average molecular weight is 331 g/mol. The molecule has 1 N–H and O–H groups in total. The summed E-state index contributed by atoms with van der Waals surface area (Å²) in [5, 5.41) is 3.93. The Bertz CT molecular complexity index is 705. The van der Waals surface area contributed by atoms with Gasteiger partial charge in [0.15, 0.2) is 0 Å². The fourth-order valence-electron chi connectivity index (χ4n) is 3.10. The van der Waals surface area contributed by atoms with Crippen molar-refractivity contribution in [2.45, 2.75) is 39.2 Å². The summed E-state index contributed by atoms with van der Waals surface area (Å²) < 4.78 is 10.8. The Balaban J connectivity index is 1.61. The van der Waals surface area contributed by atoms with E-state index in [1.54, 1.807) is 12.5 Å². The van der Waals surface area contributed by atoms with E-state index in [1.807, 2.05) is 32.9 Å². The lowest BCUT2D eigenvalue weighted by Gasteiger charge is -2.34. The number of carbonyl (C=O) groups excluding carboxylic acids is 1. The van der Waals surface area contributed by atoms with Crippen LogP contribution in [0.2, 0.25) is 0 Å². The van der Waals surface area contributed by atoms with Crippen molar-refractivity contribution in [3.05, 3.63) is 24.6 Å². The molecule has 0 bridgehead atoms. The van der Waals surface area contributed by atoms with Crippen molar-refractivity contribution in [3.63, 3.8) is 0 Å². The second kappa shape index (κ2) is 6.71. The Hall–Kier alpha value is -2.24. The number of hydrogen-bond donors (Lipinski definition) is 1. The Morgan fingerprint density at radius 2 is 2.29 bits per heavy atom. The van der Waals surface area contributed by atoms with Gasteiger partial charge in [0.05, 0.1) is 11.6 Å². The van der Waals surface area contributed by atoms with Crippen molar-refractivity contribution in [2.75, 3.05) is 24.5 Å². The van der Waals surface area contributed by atoms with Gasteiger partial charge in [-0.1, -0.05) is 0 Å². The maximum atomic E-state index is 11.8. The Morgan fingerprint density at radius 3 is 3.08 bits per heavy atom. The van der Waals surface area contributed by atoms with Gasteiger partial charge >= 0.3 is 6.09 Å². The van der Waals surface area contributed by atoms with E-state index in [2.05, 4.69) is 15.2 Å². The van der Waals surface area contributed by atoms with E-state index < -0.39 is 5.60 Å². The first-order valence-corrected chi connectivity index (χ1v) is 8.46. The molecule has 2 aromatic rings. The molecule has 130 valence electrons. The monoisotopic (exact) mass is 331 g/mol. The number of nitrogens with zero attached hydrogens (tertiary/aromatic N) is 2. The molecule has 1 amide bonds. The molecule has 1 aliphatic rings. The van der Waals surface area contributed by atoms with Gasteiger partial charge in [-0.15, -0.1) is 0 Å². The van der Waals surface area contributed by atoms with Gasteiger partial charge in [0.25, 0.3) is 0 Å². The van der Waals surface area contributed by atoms with E-state index in [0.717, 1.165) is 42.7 Å². The molecule has 1 saturated heterocycles. The molecule has 0 saturated carbocycles. The minimum atomic E-state index is -0.469. The molecule has 0 spiro atoms. The Labute approximate surface area is 142 Å². The minimum Gasteiger partial charge on any atom is -0.464 e. The van der Waals surface area contributed by atoms with E-state index in [1.165, 1.54) is 0 Å². The van der Waals surface area contributed by atoms with Crippen LogP contribution in [-0.4, -0.2) is 36.3 Å². The molecule has 3 rings (SSSR count). The zero-order chi connectivity index (χ0) is 17.2. The molecule has 24 heavy (non-hydrogen) atoms. The van der Waals surface area contributed by atoms with Crippen LogP contribution >= 0.6 is 0 Å². The average Bonchev–Trinajstić information content (AvgIpc) is 3.00. The molecular formula is C18H25N3O3. The number of piperidine rings is 1. The third-order valence-electron chi connectivity index (χ3n) is 4.11. The number of hydrogen-bond acceptors (Lipinski definition) is 5. The zero-order valence-electron chi connectivity index (χ0n) is 14.5. The molecule has 3 heterocycles. The number of rotatable bonds is 3. The van der Waals surface area contributed by atoms with E-state index in [-0.39, 0.29) is 6.09 Å². The summed E-state index contributed by atoms with van der Waals surface area (Å²) in [5.41, 5.74) is 0.387. The van der Waals surface area contributed by atoms with Gasteiger partial charge in [-0.2, -0.15) is 0 Å². The molecule has 6 nitrogen and oxygen atoms in total. The molecule has 0 aliphatic carbocycles. The van der Waals surface area contributed by atoms with Crippen molar-refractivity contribution in [1.82, 2.24) is 10.3 Å². The third-order valence-corrected chi connectivity index (χ3v) is 4.11. The van der Waals surface area contributed by atoms with Gasteiger partial charge in [0, 0.05) is 25.8 Å². The topological polar surface area (TPSA) is 67.6 Å². The second-order valence-electron chi connectivity index (χ2n) is 7.30. The largest absolute Gasteiger partial charge is 0.464 e. The summed E-state index contributed by atoms with van der Waals surface area (Å²) >= 11 is 0. The Morgan fingerprint density at radius 1 is 1.46 bits per heavy atom. The van der Waals surface area contributed by atoms with Crippen molar-refractivity contribution in [2.24, 2.45) is 5.92 Å². The first-order valence-electron chi connectivity index (χ1n) is 8.46. The highest BCUT2D eigenvalue weighted by atomic mass is 16.6. The number of anilines is 1. The molecule has 2 aromatic heterocycles. The molecule has 1 aliphatic heterocycles. The number of fused-ring (bicyclic) bond motifs is 1. The highest BCUT2D eigenvalue weighted by molar-refractivity contribution is 5.88. The normalized spacial score (nSPS) is 18.6. The standard InChI is InChI=1S/C18H25N3O3/c1-18(2,3)24-17(22)20-11-13-5-4-9-21(12-13)16-14-7-10-23-15(14)6-8-19-16/h6-8,10,13H,4-5,9,11-12H2,1-3H3,(H,20,22). The number of nitrogens with one attached hydrogen (secondary N) is 1. The Kier molecular flexibility index (Phi) is 4.64. The summed E-state index contributed by atoms with van der Waals surface area (Å²) in [5.74, 6) is 1.35. The van der Waals surface area contributed by atoms with Crippen LogP contribution in [0.15, 0.2) is 29.0 Å². The lowest BCUT2D eigenvalue weighted by molar-refractivity contribution is 0.0517. The van der Waals surface area contributed by atoms with Gasteiger partial charge in [-0.25, -0.2) is 9.78 Å². The second-order valence-corrected chi connectivity index (χ2v) is 7.30. The van der Waals surface area contributed by atoms with E-state index in [0.29, 0.717) is 12.5 Å². The molecule has 1 fully saturated rings. The maximum absolute atomic E-state index is 11.8. The van der Waals surface area contributed by atoms with Crippen LogP contribution in [0, 0.1) is 5.92 Å². The first kappa shape index (κ1) is 16.6. The molecule has 6 heteroatoms. The summed E-state index contributed by atoms with van der Waals surface area (Å²) in [6.45, 7) is 8.06. The van der Waals surface area contributed by atoms with Crippen LogP contribution in [0.25, 0.3) is 11.0 Å². The van der Waals surface area contributed by atoms with E-state index >= 15 is 0 Å². The van der Waals surface area contributed by atoms with Crippen molar-refractivity contribution in [1.29, 1.82) is 0 Å². The van der Waals surface area contributed by atoms with Gasteiger partial charge in [0.2, 0.25) is 0 Å². The number of amides is 1. The van der Waals surface area contributed by atoms with Crippen LogP contribution in [0.5, 0.6) is 0 Å². The molecular weight excluding hydrogens is 306 g/mol. The predicted molar refractivity (Wildman–Crippen MR) is 93.2 cm³/mol. The van der Waals surface area contributed by atoms with Crippen LogP contribution in [0.1, 0.15) is 33.6 Å². The smallest absolute Gasteiger partial charge is 0.407 e. The molecule has 0 radical (unpaired) electrons. The summed E-state index contributed by atoms with van der Waals surface area (Å²) in [4.78, 5) is 18.6. The maximum Gasteiger partial charge on any atom is 0.407 e. The first-order chi connectivity index (χ1) is 11.4. The van der Waals surface area contributed by atoms with Gasteiger partial charge in [-0.3, -0.25) is 0 Å². The number of alkyl carbamates (subject to hydrolysis) is 1. The van der Waals surface area contributed by atoms with Crippen LogP contribution in [0.3, 0.4) is 0 Å². The molecule has 1 unspecified atom stereocenters. The lowest BCUT2D eigenvalue weighted by Crippen LogP contribution is -2.42. The summed E-state index contributed by atoms with van der Waals surface area (Å²) in [7, 11) is 0. The number of ether oxygens (including phenoxy) is 1. The van der Waals surface area contributed by atoms with E-state index in [4.69, 9.17) is 9.15 Å². The molecule has 1 atom stereocenters. The minimum absolute atomic E-state index is 0.352. The fraction of sp³-hybridized carbons (Fsp3) is 0.556. The van der Waals surface area contributed by atoms with Crippen molar-refractivity contribution < 1.29 is 13.9 Å². The number of furan rings is 1. The number of aromatic nitrogens is 1. The summed E-state index contributed by atoms with van der Waals surface area (Å²) in [6.07, 6.45) is 5.30. The lowest BCUT2D eigenvalue weighted by atomic mass is 9.98. The molecule has 0 aromatic carbocycles. The summed E-state index contributed by atoms with van der Waals surface area (Å²) in [6, 6.07) is 3.84. The van der Waals surface area contributed by atoms with Crippen molar-refractivity contribution in [3.8, 4) is 0 Å². The van der Waals surface area contributed by atoms with Crippen molar-refractivity contribution >= 4 is 22.9 Å². The zero-order valence-corrected chi connectivity index (χ0v) is 14.5. The van der Waals surface area contributed by atoms with E-state index in [9.17, 15) is 4.79 Å². The van der Waals surface area contributed by atoms with Crippen LogP contribution in [0.4, 0.5) is 10.6 Å². The van der Waals surface area contributed by atoms with Gasteiger partial charge in [-0.05, 0) is 51.7 Å². The third kappa shape index (κ3) is 3.99. The van der Waals surface area contributed by atoms with Crippen LogP contribution < -0.4 is 10.2 Å². The fourth-order valence-corrected chi connectivity index (χ4v) is 3.10. The predicted octanol–water partition coefficient (Wildman–Crippen LogP) is 3.57.